The molecular weight excluding hydrogens is 467 g/mol. The van der Waals surface area contributed by atoms with Crippen LogP contribution in [0.1, 0.15) is 38.7 Å². The van der Waals surface area contributed by atoms with E-state index in [1.54, 1.807) is 0 Å². The first-order chi connectivity index (χ1) is 13.2. The molecule has 3 unspecified atom stereocenters. The molecule has 2 fully saturated rings. The van der Waals surface area contributed by atoms with Crippen molar-refractivity contribution in [3.05, 3.63) is 29.8 Å². The Balaban J connectivity index is 0.00000280. The summed E-state index contributed by atoms with van der Waals surface area (Å²) >= 11 is 0. The Hall–Kier alpha value is -1.06. The maximum absolute atomic E-state index is 6.05. The maximum atomic E-state index is 6.05. The third kappa shape index (κ3) is 6.22. The summed E-state index contributed by atoms with van der Waals surface area (Å²) in [5.74, 6) is 1.77. The van der Waals surface area contributed by atoms with Crippen LogP contribution in [0.25, 0.3) is 0 Å². The first-order valence-electron chi connectivity index (χ1n) is 10.3. The molecule has 158 valence electrons. The van der Waals surface area contributed by atoms with Gasteiger partial charge in [0.1, 0.15) is 12.4 Å². The monoisotopic (exact) mass is 502 g/mol. The second kappa shape index (κ2) is 11.8. The molecule has 0 spiro atoms. The molecular formula is C21H35IN4O2. The molecule has 3 rings (SSSR count). The van der Waals surface area contributed by atoms with Gasteiger partial charge in [0.25, 0.3) is 0 Å². The van der Waals surface area contributed by atoms with E-state index in [1.165, 1.54) is 6.42 Å². The third-order valence-corrected chi connectivity index (χ3v) is 5.63. The van der Waals surface area contributed by atoms with Gasteiger partial charge in [0, 0.05) is 25.7 Å². The van der Waals surface area contributed by atoms with Crippen molar-refractivity contribution in [1.82, 2.24) is 15.5 Å². The van der Waals surface area contributed by atoms with Crippen LogP contribution in [0, 0.1) is 0 Å². The molecule has 0 aliphatic carbocycles. The summed E-state index contributed by atoms with van der Waals surface area (Å²) in [6.07, 6.45) is 4.21. The number of likely N-dealkylation sites (N-methyl/N-ethyl adjacent to an activating group) is 1. The molecule has 2 N–H and O–H groups in total. The van der Waals surface area contributed by atoms with E-state index in [0.717, 1.165) is 49.7 Å². The van der Waals surface area contributed by atoms with Gasteiger partial charge in [-0.2, -0.15) is 0 Å². The summed E-state index contributed by atoms with van der Waals surface area (Å²) in [6, 6.07) is 8.59. The minimum atomic E-state index is 0. The van der Waals surface area contributed by atoms with Crippen molar-refractivity contribution in [2.45, 2.75) is 57.9 Å². The predicted octanol–water partition coefficient (Wildman–Crippen LogP) is 3.01. The Morgan fingerprint density at radius 1 is 1.25 bits per heavy atom. The average molecular weight is 502 g/mol. The first-order valence-corrected chi connectivity index (χ1v) is 10.3. The van der Waals surface area contributed by atoms with Crippen LogP contribution >= 0.6 is 24.0 Å². The van der Waals surface area contributed by atoms with Crippen molar-refractivity contribution in [3.8, 4) is 5.75 Å². The maximum Gasteiger partial charge on any atom is 0.191 e. The lowest BCUT2D eigenvalue weighted by Crippen LogP contribution is -2.47. The van der Waals surface area contributed by atoms with E-state index in [2.05, 4.69) is 40.4 Å². The molecule has 2 aliphatic heterocycles. The molecule has 2 bridgehead atoms. The summed E-state index contributed by atoms with van der Waals surface area (Å²) in [7, 11) is 1.82. The molecule has 2 aliphatic rings. The van der Waals surface area contributed by atoms with Gasteiger partial charge in [-0.3, -0.25) is 4.99 Å². The number of rotatable bonds is 9. The largest absolute Gasteiger partial charge is 0.492 e. The Kier molecular flexibility index (Phi) is 9.81. The van der Waals surface area contributed by atoms with E-state index >= 15 is 0 Å². The van der Waals surface area contributed by atoms with Crippen LogP contribution in [0.2, 0.25) is 0 Å². The molecule has 0 aromatic heterocycles. The van der Waals surface area contributed by atoms with Crippen LogP contribution in [0.5, 0.6) is 5.75 Å². The van der Waals surface area contributed by atoms with Gasteiger partial charge >= 0.3 is 0 Å². The molecule has 28 heavy (non-hydrogen) atoms. The van der Waals surface area contributed by atoms with Gasteiger partial charge in [-0.25, -0.2) is 0 Å². The van der Waals surface area contributed by atoms with Crippen LogP contribution in [0.15, 0.2) is 29.3 Å². The number of guanidine groups is 1. The molecule has 0 saturated carbocycles. The molecule has 0 amide bonds. The number of ether oxygens (including phenoxy) is 2. The topological polar surface area (TPSA) is 58.1 Å². The van der Waals surface area contributed by atoms with Gasteiger partial charge in [-0.15, -0.1) is 24.0 Å². The zero-order valence-electron chi connectivity index (χ0n) is 17.3. The van der Waals surface area contributed by atoms with Gasteiger partial charge < -0.3 is 25.0 Å². The molecule has 3 atom stereocenters. The van der Waals surface area contributed by atoms with Crippen LogP contribution in [0.3, 0.4) is 0 Å². The van der Waals surface area contributed by atoms with Crippen LogP contribution in [0.4, 0.5) is 0 Å². The SMILES string of the molecule is CCN(CC)CCOc1ccccc1CNC(=NC)NC1CC2CCC1O2.I. The number of para-hydroxylation sites is 1. The summed E-state index contributed by atoms with van der Waals surface area (Å²) in [4.78, 5) is 6.74. The van der Waals surface area contributed by atoms with Gasteiger partial charge in [-0.1, -0.05) is 32.0 Å². The van der Waals surface area contributed by atoms with Crippen LogP contribution < -0.4 is 15.4 Å². The van der Waals surface area contributed by atoms with Gasteiger partial charge in [0.05, 0.1) is 18.2 Å². The van der Waals surface area contributed by atoms with Crippen molar-refractivity contribution in [2.24, 2.45) is 4.99 Å². The number of nitrogens with one attached hydrogen (secondary N) is 2. The van der Waals surface area contributed by atoms with Crippen LogP contribution in [-0.4, -0.2) is 62.4 Å². The molecule has 1 aromatic carbocycles. The standard InChI is InChI=1S/C21H34N4O2.HI/c1-4-25(5-2)12-13-26-19-9-7-6-8-16(19)15-23-21(22-3)24-18-14-17-10-11-20(18)27-17;/h6-9,17-18,20H,4-5,10-15H2,1-3H3,(H2,22,23,24);1H. The fourth-order valence-corrected chi connectivity index (χ4v) is 3.95. The lowest BCUT2D eigenvalue weighted by molar-refractivity contribution is 0.0992. The molecule has 1 aromatic rings. The highest BCUT2D eigenvalue weighted by Gasteiger charge is 2.41. The van der Waals surface area contributed by atoms with Crippen LogP contribution in [-0.2, 0) is 11.3 Å². The highest BCUT2D eigenvalue weighted by molar-refractivity contribution is 14.0. The fourth-order valence-electron chi connectivity index (χ4n) is 3.95. The van der Waals surface area contributed by atoms with Crippen molar-refractivity contribution >= 4 is 29.9 Å². The molecule has 2 heterocycles. The lowest BCUT2D eigenvalue weighted by atomic mass is 9.96. The van der Waals surface area contributed by atoms with E-state index in [4.69, 9.17) is 9.47 Å². The number of benzene rings is 1. The summed E-state index contributed by atoms with van der Waals surface area (Å²) in [5, 5.41) is 6.95. The normalized spacial score (nSPS) is 23.6. The smallest absolute Gasteiger partial charge is 0.191 e. The second-order valence-corrected chi connectivity index (χ2v) is 7.27. The van der Waals surface area contributed by atoms with E-state index < -0.39 is 0 Å². The van der Waals surface area contributed by atoms with E-state index in [0.29, 0.717) is 31.4 Å². The quantitative estimate of drug-likeness (QED) is 0.309. The number of fused-ring (bicyclic) bond motifs is 2. The van der Waals surface area contributed by atoms with Gasteiger partial charge in [-0.05, 0) is 38.4 Å². The van der Waals surface area contributed by atoms with Crippen molar-refractivity contribution < 1.29 is 9.47 Å². The number of nitrogens with zero attached hydrogens (tertiary/aromatic N) is 2. The minimum Gasteiger partial charge on any atom is -0.492 e. The second-order valence-electron chi connectivity index (χ2n) is 7.27. The molecule has 7 heteroatoms. The highest BCUT2D eigenvalue weighted by Crippen LogP contribution is 2.34. The lowest BCUT2D eigenvalue weighted by Gasteiger charge is -2.23. The highest BCUT2D eigenvalue weighted by atomic mass is 127. The number of aliphatic imine (C=N–C) groups is 1. The Labute approximate surface area is 186 Å². The van der Waals surface area contributed by atoms with E-state index in [-0.39, 0.29) is 24.0 Å². The van der Waals surface area contributed by atoms with Crippen molar-refractivity contribution in [3.63, 3.8) is 0 Å². The molecule has 2 saturated heterocycles. The Bertz CT molecular complexity index is 624. The summed E-state index contributed by atoms with van der Waals surface area (Å²) < 4.78 is 12.0. The summed E-state index contributed by atoms with van der Waals surface area (Å²) in [5.41, 5.74) is 1.14. The predicted molar refractivity (Wildman–Crippen MR) is 125 cm³/mol. The van der Waals surface area contributed by atoms with Gasteiger partial charge in [0.15, 0.2) is 5.96 Å². The van der Waals surface area contributed by atoms with E-state index in [9.17, 15) is 0 Å². The Morgan fingerprint density at radius 3 is 2.68 bits per heavy atom. The van der Waals surface area contributed by atoms with Gasteiger partial charge in [0.2, 0.25) is 0 Å². The van der Waals surface area contributed by atoms with E-state index in [1.807, 2.05) is 25.2 Å². The molecule has 6 nitrogen and oxygen atoms in total. The number of halogens is 1. The first kappa shape index (κ1) is 23.2. The fraction of sp³-hybridized carbons (Fsp3) is 0.667. The Morgan fingerprint density at radius 2 is 2.04 bits per heavy atom. The number of hydrogen-bond donors (Lipinski definition) is 2. The zero-order chi connectivity index (χ0) is 19.1. The number of hydrogen-bond acceptors (Lipinski definition) is 4. The minimum absolute atomic E-state index is 0. The van der Waals surface area contributed by atoms with Crippen molar-refractivity contribution in [1.29, 1.82) is 0 Å². The third-order valence-electron chi connectivity index (χ3n) is 5.63. The average Bonchev–Trinajstić information content (AvgIpc) is 3.32. The van der Waals surface area contributed by atoms with Crippen molar-refractivity contribution in [2.75, 3.05) is 33.3 Å². The summed E-state index contributed by atoms with van der Waals surface area (Å²) in [6.45, 7) is 8.80. The molecule has 0 radical (unpaired) electrons. The zero-order valence-corrected chi connectivity index (χ0v) is 19.6.